The summed E-state index contributed by atoms with van der Waals surface area (Å²) in [5.74, 6) is 0.790. The number of rotatable bonds is 7. The maximum Gasteiger partial charge on any atom is 0.155 e. The smallest absolute Gasteiger partial charge is 0.155 e. The zero-order chi connectivity index (χ0) is 12.6. The molecule has 1 heteroatoms. The lowest BCUT2D eigenvalue weighted by Gasteiger charge is -2.05. The highest BCUT2D eigenvalue weighted by molar-refractivity contribution is 5.90. The third-order valence-corrected chi connectivity index (χ3v) is 2.75. The fourth-order valence-corrected chi connectivity index (χ4v) is 1.48. The SMILES string of the molecule is CCC(C)CC(=O)/C=C(\C)CCC=C(C)C. The molecule has 0 heterocycles. The Morgan fingerprint density at radius 1 is 1.25 bits per heavy atom. The van der Waals surface area contributed by atoms with Gasteiger partial charge in [-0.1, -0.05) is 37.5 Å². The lowest BCUT2D eigenvalue weighted by atomic mass is 10.00. The first-order chi connectivity index (χ1) is 7.45. The van der Waals surface area contributed by atoms with Gasteiger partial charge >= 0.3 is 0 Å². The summed E-state index contributed by atoms with van der Waals surface area (Å²) in [5.41, 5.74) is 2.55. The molecule has 0 N–H and O–H groups in total. The number of hydrogen-bond acceptors (Lipinski definition) is 1. The van der Waals surface area contributed by atoms with Crippen molar-refractivity contribution in [3.63, 3.8) is 0 Å². The Balaban J connectivity index is 4.01. The number of allylic oxidation sites excluding steroid dienone is 4. The summed E-state index contributed by atoms with van der Waals surface area (Å²) < 4.78 is 0. The molecule has 1 atom stereocenters. The van der Waals surface area contributed by atoms with E-state index in [1.807, 2.05) is 13.0 Å². The van der Waals surface area contributed by atoms with Crippen molar-refractivity contribution >= 4 is 5.78 Å². The van der Waals surface area contributed by atoms with Gasteiger partial charge in [0.25, 0.3) is 0 Å². The van der Waals surface area contributed by atoms with Crippen molar-refractivity contribution in [3.8, 4) is 0 Å². The van der Waals surface area contributed by atoms with Crippen LogP contribution in [0.2, 0.25) is 0 Å². The first-order valence-corrected chi connectivity index (χ1v) is 6.29. The van der Waals surface area contributed by atoms with E-state index in [0.717, 1.165) is 19.3 Å². The molecule has 0 aliphatic carbocycles. The molecule has 0 rings (SSSR count). The van der Waals surface area contributed by atoms with Gasteiger partial charge in [0.1, 0.15) is 0 Å². The Labute approximate surface area is 101 Å². The molecule has 0 bridgehead atoms. The Hall–Kier alpha value is -0.850. The van der Waals surface area contributed by atoms with Gasteiger partial charge in [0.15, 0.2) is 5.78 Å². The lowest BCUT2D eigenvalue weighted by Crippen LogP contribution is -2.02. The summed E-state index contributed by atoms with van der Waals surface area (Å²) >= 11 is 0. The van der Waals surface area contributed by atoms with Crippen molar-refractivity contribution in [2.24, 2.45) is 5.92 Å². The maximum atomic E-state index is 11.6. The van der Waals surface area contributed by atoms with Gasteiger partial charge in [-0.05, 0) is 45.6 Å². The fraction of sp³-hybridized carbons (Fsp3) is 0.667. The van der Waals surface area contributed by atoms with Crippen LogP contribution in [0.4, 0.5) is 0 Å². The highest BCUT2D eigenvalue weighted by Gasteiger charge is 2.04. The van der Waals surface area contributed by atoms with Gasteiger partial charge in [-0.15, -0.1) is 0 Å². The molecule has 0 aliphatic rings. The average Bonchev–Trinajstić information content (AvgIpc) is 2.16. The van der Waals surface area contributed by atoms with Gasteiger partial charge in [-0.3, -0.25) is 4.79 Å². The molecule has 16 heavy (non-hydrogen) atoms. The van der Waals surface area contributed by atoms with E-state index in [1.54, 1.807) is 0 Å². The topological polar surface area (TPSA) is 17.1 Å². The van der Waals surface area contributed by atoms with E-state index in [2.05, 4.69) is 33.8 Å². The van der Waals surface area contributed by atoms with Crippen LogP contribution in [0.25, 0.3) is 0 Å². The van der Waals surface area contributed by atoms with Gasteiger partial charge in [-0.25, -0.2) is 0 Å². The van der Waals surface area contributed by atoms with Crippen molar-refractivity contribution in [1.29, 1.82) is 0 Å². The van der Waals surface area contributed by atoms with Gasteiger partial charge in [0.2, 0.25) is 0 Å². The van der Waals surface area contributed by atoms with Crippen LogP contribution in [0.1, 0.15) is 60.3 Å². The zero-order valence-electron chi connectivity index (χ0n) is 11.5. The van der Waals surface area contributed by atoms with E-state index in [0.29, 0.717) is 12.3 Å². The van der Waals surface area contributed by atoms with Crippen LogP contribution in [0.15, 0.2) is 23.3 Å². The Morgan fingerprint density at radius 2 is 1.88 bits per heavy atom. The van der Waals surface area contributed by atoms with Gasteiger partial charge in [0.05, 0.1) is 0 Å². The predicted octanol–water partition coefficient (Wildman–Crippen LogP) is 4.68. The molecule has 0 saturated carbocycles. The summed E-state index contributed by atoms with van der Waals surface area (Å²) in [5, 5.41) is 0. The van der Waals surface area contributed by atoms with E-state index >= 15 is 0 Å². The second-order valence-electron chi connectivity index (χ2n) is 4.99. The third-order valence-electron chi connectivity index (χ3n) is 2.75. The monoisotopic (exact) mass is 222 g/mol. The first-order valence-electron chi connectivity index (χ1n) is 6.29. The molecular weight excluding hydrogens is 196 g/mol. The number of carbonyl (C=O) groups excluding carboxylic acids is 1. The summed E-state index contributed by atoms with van der Waals surface area (Å²) in [6, 6.07) is 0. The minimum atomic E-state index is 0.282. The van der Waals surface area contributed by atoms with E-state index in [-0.39, 0.29) is 5.78 Å². The summed E-state index contributed by atoms with van der Waals surface area (Å²) in [6.07, 6.45) is 7.85. The second-order valence-corrected chi connectivity index (χ2v) is 4.99. The van der Waals surface area contributed by atoms with Crippen molar-refractivity contribution in [3.05, 3.63) is 23.3 Å². The standard InChI is InChI=1S/C15H26O/c1-6-13(4)10-15(16)11-14(5)9-7-8-12(2)3/h8,11,13H,6-7,9-10H2,1-5H3/b14-11+. The van der Waals surface area contributed by atoms with Crippen LogP contribution >= 0.6 is 0 Å². The van der Waals surface area contributed by atoms with Crippen LogP contribution in [-0.2, 0) is 4.79 Å². The molecule has 0 amide bonds. The average molecular weight is 222 g/mol. The molecule has 1 unspecified atom stereocenters. The van der Waals surface area contributed by atoms with Gasteiger partial charge in [0, 0.05) is 6.42 Å². The Bertz CT molecular complexity index is 267. The van der Waals surface area contributed by atoms with Crippen molar-refractivity contribution < 1.29 is 4.79 Å². The summed E-state index contributed by atoms with van der Waals surface area (Å²) in [7, 11) is 0. The lowest BCUT2D eigenvalue weighted by molar-refractivity contribution is -0.115. The summed E-state index contributed by atoms with van der Waals surface area (Å²) in [4.78, 5) is 11.6. The van der Waals surface area contributed by atoms with Crippen molar-refractivity contribution in [2.75, 3.05) is 0 Å². The quantitative estimate of drug-likeness (QED) is 0.451. The van der Waals surface area contributed by atoms with Crippen LogP contribution in [0.3, 0.4) is 0 Å². The number of ketones is 1. The zero-order valence-corrected chi connectivity index (χ0v) is 11.5. The highest BCUT2D eigenvalue weighted by Crippen LogP contribution is 2.11. The molecule has 0 aromatic carbocycles. The Kier molecular flexibility index (Phi) is 7.88. The third kappa shape index (κ3) is 8.46. The predicted molar refractivity (Wildman–Crippen MR) is 71.5 cm³/mol. The van der Waals surface area contributed by atoms with Crippen molar-refractivity contribution in [2.45, 2.75) is 60.3 Å². The molecule has 0 saturated heterocycles. The Morgan fingerprint density at radius 3 is 2.38 bits per heavy atom. The largest absolute Gasteiger partial charge is 0.295 e. The van der Waals surface area contributed by atoms with Crippen LogP contribution in [0, 0.1) is 5.92 Å². The molecule has 0 fully saturated rings. The number of carbonyl (C=O) groups is 1. The fourth-order valence-electron chi connectivity index (χ4n) is 1.48. The summed E-state index contributed by atoms with van der Waals surface area (Å²) in [6.45, 7) is 10.5. The van der Waals surface area contributed by atoms with E-state index in [4.69, 9.17) is 0 Å². The molecule has 0 spiro atoms. The molecule has 92 valence electrons. The molecule has 0 aromatic heterocycles. The molecule has 0 radical (unpaired) electrons. The molecule has 0 aromatic rings. The molecule has 1 nitrogen and oxygen atoms in total. The van der Waals surface area contributed by atoms with E-state index in [9.17, 15) is 4.79 Å². The molecule has 0 aliphatic heterocycles. The number of hydrogen-bond donors (Lipinski definition) is 0. The second kappa shape index (κ2) is 8.32. The van der Waals surface area contributed by atoms with Crippen LogP contribution in [0.5, 0.6) is 0 Å². The van der Waals surface area contributed by atoms with Gasteiger partial charge < -0.3 is 0 Å². The highest BCUT2D eigenvalue weighted by atomic mass is 16.1. The van der Waals surface area contributed by atoms with Gasteiger partial charge in [-0.2, -0.15) is 0 Å². The van der Waals surface area contributed by atoms with Crippen LogP contribution in [-0.4, -0.2) is 5.78 Å². The van der Waals surface area contributed by atoms with E-state index < -0.39 is 0 Å². The first kappa shape index (κ1) is 15.2. The minimum Gasteiger partial charge on any atom is -0.295 e. The van der Waals surface area contributed by atoms with E-state index in [1.165, 1.54) is 11.1 Å². The maximum absolute atomic E-state index is 11.6. The van der Waals surface area contributed by atoms with Crippen molar-refractivity contribution in [1.82, 2.24) is 0 Å². The minimum absolute atomic E-state index is 0.282. The normalized spacial score (nSPS) is 13.4. The van der Waals surface area contributed by atoms with Crippen LogP contribution < -0.4 is 0 Å². The molecular formula is C15H26O.